The van der Waals surface area contributed by atoms with Crippen molar-refractivity contribution in [2.75, 3.05) is 31.2 Å². The number of fused-ring (bicyclic) bond motifs is 1. The molecule has 0 amide bonds. The van der Waals surface area contributed by atoms with Crippen LogP contribution in [0.5, 0.6) is 0 Å². The van der Waals surface area contributed by atoms with Crippen LogP contribution in [0.4, 0.5) is 5.82 Å². The van der Waals surface area contributed by atoms with Gasteiger partial charge in [0.05, 0.1) is 23.4 Å². The van der Waals surface area contributed by atoms with Crippen LogP contribution in [0.25, 0.3) is 10.2 Å². The van der Waals surface area contributed by atoms with Crippen molar-refractivity contribution in [3.05, 3.63) is 17.3 Å². The van der Waals surface area contributed by atoms with E-state index in [-0.39, 0.29) is 0 Å². The van der Waals surface area contributed by atoms with E-state index in [9.17, 15) is 0 Å². The van der Waals surface area contributed by atoms with Gasteiger partial charge in [-0.1, -0.05) is 0 Å². The molecule has 2 aromatic rings. The Morgan fingerprint density at radius 3 is 2.94 bits per heavy atom. The molecule has 0 aromatic carbocycles. The maximum Gasteiger partial charge on any atom is 0.150 e. The van der Waals surface area contributed by atoms with E-state index in [4.69, 9.17) is 4.74 Å². The van der Waals surface area contributed by atoms with Gasteiger partial charge in [0, 0.05) is 13.1 Å². The Balaban J connectivity index is 2.08. The lowest BCUT2D eigenvalue weighted by Crippen LogP contribution is -2.36. The third-order valence-electron chi connectivity index (χ3n) is 2.82. The fourth-order valence-corrected chi connectivity index (χ4v) is 2.98. The SMILES string of the molecule is Cc1csc2c(N3CCOCC3)ncnc12. The van der Waals surface area contributed by atoms with Crippen molar-refractivity contribution in [1.82, 2.24) is 9.97 Å². The van der Waals surface area contributed by atoms with Crippen molar-refractivity contribution >= 4 is 27.4 Å². The van der Waals surface area contributed by atoms with Gasteiger partial charge in [0.15, 0.2) is 0 Å². The zero-order valence-electron chi connectivity index (χ0n) is 9.14. The van der Waals surface area contributed by atoms with E-state index in [2.05, 4.69) is 27.2 Å². The van der Waals surface area contributed by atoms with Gasteiger partial charge in [-0.2, -0.15) is 0 Å². The molecule has 3 rings (SSSR count). The number of ether oxygens (including phenoxy) is 1. The van der Waals surface area contributed by atoms with Gasteiger partial charge >= 0.3 is 0 Å². The highest BCUT2D eigenvalue weighted by atomic mass is 32.1. The second kappa shape index (κ2) is 3.99. The predicted molar refractivity (Wildman–Crippen MR) is 65.2 cm³/mol. The van der Waals surface area contributed by atoms with Crippen molar-refractivity contribution in [2.45, 2.75) is 6.92 Å². The van der Waals surface area contributed by atoms with Crippen LogP contribution in [0, 0.1) is 6.92 Å². The Morgan fingerprint density at radius 1 is 1.31 bits per heavy atom. The van der Waals surface area contributed by atoms with E-state index >= 15 is 0 Å². The molecule has 1 aliphatic rings. The zero-order valence-corrected chi connectivity index (χ0v) is 9.96. The summed E-state index contributed by atoms with van der Waals surface area (Å²) in [5.41, 5.74) is 2.32. The topological polar surface area (TPSA) is 38.2 Å². The van der Waals surface area contributed by atoms with E-state index in [1.54, 1.807) is 17.7 Å². The van der Waals surface area contributed by atoms with Gasteiger partial charge in [0.1, 0.15) is 12.1 Å². The highest BCUT2D eigenvalue weighted by Gasteiger charge is 2.16. The summed E-state index contributed by atoms with van der Waals surface area (Å²) in [5, 5.41) is 2.14. The molecule has 0 bridgehead atoms. The summed E-state index contributed by atoms with van der Waals surface area (Å²) in [4.78, 5) is 11.0. The molecule has 0 aliphatic carbocycles. The lowest BCUT2D eigenvalue weighted by molar-refractivity contribution is 0.122. The molecule has 1 aliphatic heterocycles. The Bertz CT molecular complexity index is 505. The predicted octanol–water partition coefficient (Wildman–Crippen LogP) is 1.84. The smallest absolute Gasteiger partial charge is 0.150 e. The van der Waals surface area contributed by atoms with Crippen LogP contribution >= 0.6 is 11.3 Å². The first kappa shape index (κ1) is 9.99. The molecular weight excluding hydrogens is 222 g/mol. The number of hydrogen-bond acceptors (Lipinski definition) is 5. The normalized spacial score (nSPS) is 16.9. The molecule has 84 valence electrons. The summed E-state index contributed by atoms with van der Waals surface area (Å²) < 4.78 is 6.55. The molecule has 2 aromatic heterocycles. The van der Waals surface area contributed by atoms with E-state index in [1.807, 2.05) is 0 Å². The fourth-order valence-electron chi connectivity index (χ4n) is 1.96. The fraction of sp³-hybridized carbons (Fsp3) is 0.455. The minimum absolute atomic E-state index is 0.788. The monoisotopic (exact) mass is 235 g/mol. The second-order valence-electron chi connectivity index (χ2n) is 3.89. The lowest BCUT2D eigenvalue weighted by atomic mass is 10.3. The number of rotatable bonds is 1. The molecule has 4 nitrogen and oxygen atoms in total. The highest BCUT2D eigenvalue weighted by molar-refractivity contribution is 7.18. The minimum Gasteiger partial charge on any atom is -0.378 e. The van der Waals surface area contributed by atoms with Crippen LogP contribution < -0.4 is 4.90 Å². The van der Waals surface area contributed by atoms with Gasteiger partial charge in [0.25, 0.3) is 0 Å². The average molecular weight is 235 g/mol. The van der Waals surface area contributed by atoms with E-state index in [0.717, 1.165) is 37.6 Å². The highest BCUT2D eigenvalue weighted by Crippen LogP contribution is 2.30. The third-order valence-corrected chi connectivity index (χ3v) is 3.91. The van der Waals surface area contributed by atoms with E-state index in [1.165, 1.54) is 10.3 Å². The molecule has 0 N–H and O–H groups in total. The first-order valence-corrected chi connectivity index (χ1v) is 6.26. The van der Waals surface area contributed by atoms with Gasteiger partial charge in [-0.3, -0.25) is 0 Å². The van der Waals surface area contributed by atoms with Crippen LogP contribution in [0.3, 0.4) is 0 Å². The number of nitrogens with zero attached hydrogens (tertiary/aromatic N) is 3. The minimum atomic E-state index is 0.788. The Hall–Kier alpha value is -1.20. The summed E-state index contributed by atoms with van der Waals surface area (Å²) in [7, 11) is 0. The molecule has 0 atom stereocenters. The van der Waals surface area contributed by atoms with Crippen molar-refractivity contribution < 1.29 is 4.74 Å². The number of aryl methyl sites for hydroxylation is 1. The van der Waals surface area contributed by atoms with Crippen LogP contribution in [0.15, 0.2) is 11.7 Å². The van der Waals surface area contributed by atoms with Crippen LogP contribution in [0.2, 0.25) is 0 Å². The first-order chi connectivity index (χ1) is 7.86. The largest absolute Gasteiger partial charge is 0.378 e. The van der Waals surface area contributed by atoms with Gasteiger partial charge in [-0.05, 0) is 17.9 Å². The Kier molecular flexibility index (Phi) is 2.49. The van der Waals surface area contributed by atoms with Crippen molar-refractivity contribution in [2.24, 2.45) is 0 Å². The molecule has 0 spiro atoms. The summed E-state index contributed by atoms with van der Waals surface area (Å²) in [5.74, 6) is 1.06. The molecule has 0 saturated carbocycles. The molecule has 5 heteroatoms. The molecule has 16 heavy (non-hydrogen) atoms. The Labute approximate surface area is 97.9 Å². The van der Waals surface area contributed by atoms with Crippen molar-refractivity contribution in [3.63, 3.8) is 0 Å². The summed E-state index contributed by atoms with van der Waals surface area (Å²) in [6, 6.07) is 0. The van der Waals surface area contributed by atoms with Crippen LogP contribution in [-0.2, 0) is 4.74 Å². The van der Waals surface area contributed by atoms with Crippen molar-refractivity contribution in [1.29, 1.82) is 0 Å². The average Bonchev–Trinajstić information content (AvgIpc) is 2.73. The van der Waals surface area contributed by atoms with Gasteiger partial charge < -0.3 is 9.64 Å². The lowest BCUT2D eigenvalue weighted by Gasteiger charge is -2.27. The van der Waals surface area contributed by atoms with Crippen molar-refractivity contribution in [3.8, 4) is 0 Å². The quantitative estimate of drug-likeness (QED) is 0.756. The summed E-state index contributed by atoms with van der Waals surface area (Å²) >= 11 is 1.73. The number of thiophene rings is 1. The Morgan fingerprint density at radius 2 is 2.12 bits per heavy atom. The zero-order chi connectivity index (χ0) is 11.0. The molecule has 0 radical (unpaired) electrons. The molecule has 0 unspecified atom stereocenters. The summed E-state index contributed by atoms with van der Waals surface area (Å²) in [6.45, 7) is 5.51. The standard InChI is InChI=1S/C11H13N3OS/c1-8-6-16-10-9(8)12-7-13-11(10)14-2-4-15-5-3-14/h6-7H,2-5H2,1H3. The first-order valence-electron chi connectivity index (χ1n) is 5.38. The molecule has 1 saturated heterocycles. The van der Waals surface area contributed by atoms with Gasteiger partial charge in [0.2, 0.25) is 0 Å². The number of aromatic nitrogens is 2. The second-order valence-corrected chi connectivity index (χ2v) is 4.77. The van der Waals surface area contributed by atoms with Gasteiger partial charge in [-0.25, -0.2) is 9.97 Å². The van der Waals surface area contributed by atoms with E-state index < -0.39 is 0 Å². The molecular formula is C11H13N3OS. The van der Waals surface area contributed by atoms with E-state index in [0.29, 0.717) is 0 Å². The van der Waals surface area contributed by atoms with Gasteiger partial charge in [-0.15, -0.1) is 11.3 Å². The molecule has 1 fully saturated rings. The van der Waals surface area contributed by atoms with Crippen LogP contribution in [0.1, 0.15) is 5.56 Å². The summed E-state index contributed by atoms with van der Waals surface area (Å²) in [6.07, 6.45) is 1.66. The third kappa shape index (κ3) is 1.56. The maximum atomic E-state index is 5.36. The maximum absolute atomic E-state index is 5.36. The van der Waals surface area contributed by atoms with Crippen LogP contribution in [-0.4, -0.2) is 36.3 Å². The molecule has 3 heterocycles. The number of hydrogen-bond donors (Lipinski definition) is 0. The number of anilines is 1. The number of morpholine rings is 1.